The van der Waals surface area contributed by atoms with Gasteiger partial charge >= 0.3 is 0 Å². The van der Waals surface area contributed by atoms with Crippen molar-refractivity contribution in [3.05, 3.63) is 23.7 Å². The Morgan fingerprint density at radius 1 is 1.32 bits per heavy atom. The zero-order valence-corrected chi connectivity index (χ0v) is 11.1. The standard InChI is InChI=1S/C12H16N6O/c1-4-8-7(2)11(18-13)17-12(16-8)9-5-10(19-3)15-6-14-9/h5-6H,4,13H2,1-3H3,(H,16,17,18). The van der Waals surface area contributed by atoms with E-state index in [0.717, 1.165) is 17.7 Å². The number of rotatable bonds is 4. The van der Waals surface area contributed by atoms with Gasteiger partial charge in [0.25, 0.3) is 0 Å². The first-order chi connectivity index (χ1) is 9.19. The Bertz CT molecular complexity index is 561. The highest BCUT2D eigenvalue weighted by molar-refractivity contribution is 5.56. The molecule has 100 valence electrons. The van der Waals surface area contributed by atoms with Gasteiger partial charge in [-0.3, -0.25) is 0 Å². The van der Waals surface area contributed by atoms with Crippen molar-refractivity contribution in [1.29, 1.82) is 0 Å². The molecule has 0 spiro atoms. The van der Waals surface area contributed by atoms with E-state index in [2.05, 4.69) is 25.4 Å². The molecular weight excluding hydrogens is 244 g/mol. The first-order valence-corrected chi connectivity index (χ1v) is 5.90. The Morgan fingerprint density at radius 2 is 2.11 bits per heavy atom. The average Bonchev–Trinajstić information content (AvgIpc) is 2.47. The molecule has 0 saturated carbocycles. The molecule has 0 unspecified atom stereocenters. The second-order valence-electron chi connectivity index (χ2n) is 3.91. The topological polar surface area (TPSA) is 98.8 Å². The smallest absolute Gasteiger partial charge is 0.216 e. The molecule has 3 N–H and O–H groups in total. The summed E-state index contributed by atoms with van der Waals surface area (Å²) in [6.07, 6.45) is 2.21. The lowest BCUT2D eigenvalue weighted by Gasteiger charge is -2.10. The summed E-state index contributed by atoms with van der Waals surface area (Å²) in [6.45, 7) is 3.96. The van der Waals surface area contributed by atoms with E-state index in [0.29, 0.717) is 23.2 Å². The molecule has 2 heterocycles. The van der Waals surface area contributed by atoms with E-state index in [1.54, 1.807) is 13.2 Å². The lowest BCUT2D eigenvalue weighted by Crippen LogP contribution is -2.13. The Balaban J connectivity index is 2.55. The van der Waals surface area contributed by atoms with E-state index >= 15 is 0 Å². The molecule has 19 heavy (non-hydrogen) atoms. The summed E-state index contributed by atoms with van der Waals surface area (Å²) in [6, 6.07) is 1.68. The highest BCUT2D eigenvalue weighted by atomic mass is 16.5. The van der Waals surface area contributed by atoms with Crippen molar-refractivity contribution in [3.8, 4) is 17.4 Å². The quantitative estimate of drug-likeness (QED) is 0.627. The van der Waals surface area contributed by atoms with Crippen molar-refractivity contribution >= 4 is 5.82 Å². The minimum Gasteiger partial charge on any atom is -0.481 e. The number of nitrogens with one attached hydrogen (secondary N) is 1. The second-order valence-corrected chi connectivity index (χ2v) is 3.91. The van der Waals surface area contributed by atoms with Crippen LogP contribution >= 0.6 is 0 Å². The molecule has 0 atom stereocenters. The monoisotopic (exact) mass is 260 g/mol. The van der Waals surface area contributed by atoms with E-state index in [9.17, 15) is 0 Å². The van der Waals surface area contributed by atoms with Crippen molar-refractivity contribution in [2.45, 2.75) is 20.3 Å². The molecule has 0 amide bonds. The number of anilines is 1. The van der Waals surface area contributed by atoms with Crippen LogP contribution in [0.1, 0.15) is 18.2 Å². The van der Waals surface area contributed by atoms with Crippen LogP contribution in [0.25, 0.3) is 11.5 Å². The molecule has 2 aromatic rings. The molecule has 0 radical (unpaired) electrons. The van der Waals surface area contributed by atoms with E-state index in [-0.39, 0.29) is 0 Å². The maximum Gasteiger partial charge on any atom is 0.216 e. The van der Waals surface area contributed by atoms with Gasteiger partial charge < -0.3 is 10.2 Å². The van der Waals surface area contributed by atoms with Crippen LogP contribution in [0.15, 0.2) is 12.4 Å². The SMILES string of the molecule is CCc1nc(-c2cc(OC)ncn2)nc(NN)c1C. The van der Waals surface area contributed by atoms with Crippen LogP contribution in [0.3, 0.4) is 0 Å². The Kier molecular flexibility index (Phi) is 3.86. The van der Waals surface area contributed by atoms with Crippen molar-refractivity contribution < 1.29 is 4.74 Å². The minimum absolute atomic E-state index is 0.467. The predicted molar refractivity (Wildman–Crippen MR) is 71.5 cm³/mol. The third-order valence-corrected chi connectivity index (χ3v) is 2.80. The number of nitrogens with zero attached hydrogens (tertiary/aromatic N) is 4. The maximum absolute atomic E-state index is 5.48. The lowest BCUT2D eigenvalue weighted by molar-refractivity contribution is 0.397. The molecule has 0 bridgehead atoms. The number of methoxy groups -OCH3 is 1. The molecule has 7 nitrogen and oxygen atoms in total. The lowest BCUT2D eigenvalue weighted by atomic mass is 10.2. The maximum atomic E-state index is 5.48. The summed E-state index contributed by atoms with van der Waals surface area (Å²) < 4.78 is 5.07. The van der Waals surface area contributed by atoms with E-state index < -0.39 is 0 Å². The molecule has 0 fully saturated rings. The van der Waals surface area contributed by atoms with E-state index in [1.165, 1.54) is 6.33 Å². The second kappa shape index (κ2) is 5.57. The van der Waals surface area contributed by atoms with Gasteiger partial charge in [-0.2, -0.15) is 0 Å². The summed E-state index contributed by atoms with van der Waals surface area (Å²) in [5, 5.41) is 0. The molecule has 0 saturated heterocycles. The molecular formula is C12H16N6O. The van der Waals surface area contributed by atoms with Gasteiger partial charge in [0.05, 0.1) is 7.11 Å². The summed E-state index contributed by atoms with van der Waals surface area (Å²) in [7, 11) is 1.55. The highest BCUT2D eigenvalue weighted by Crippen LogP contribution is 2.21. The summed E-state index contributed by atoms with van der Waals surface area (Å²) >= 11 is 0. The van der Waals surface area contributed by atoms with Crippen LogP contribution < -0.4 is 16.0 Å². The van der Waals surface area contributed by atoms with Gasteiger partial charge in [0.2, 0.25) is 5.88 Å². The molecule has 7 heteroatoms. The molecule has 0 aromatic carbocycles. The van der Waals surface area contributed by atoms with Crippen LogP contribution in [-0.4, -0.2) is 27.0 Å². The zero-order chi connectivity index (χ0) is 13.8. The number of aryl methyl sites for hydroxylation is 1. The van der Waals surface area contributed by atoms with Crippen molar-refractivity contribution in [2.24, 2.45) is 5.84 Å². The summed E-state index contributed by atoms with van der Waals surface area (Å²) in [5.74, 6) is 7.04. The number of nitrogen functional groups attached to an aromatic ring is 1. The first-order valence-electron chi connectivity index (χ1n) is 5.90. The van der Waals surface area contributed by atoms with E-state index in [4.69, 9.17) is 10.6 Å². The Morgan fingerprint density at radius 3 is 2.74 bits per heavy atom. The van der Waals surface area contributed by atoms with Crippen LogP contribution in [0, 0.1) is 6.92 Å². The summed E-state index contributed by atoms with van der Waals surface area (Å²) in [4.78, 5) is 17.0. The average molecular weight is 260 g/mol. The minimum atomic E-state index is 0.467. The van der Waals surface area contributed by atoms with E-state index in [1.807, 2.05) is 13.8 Å². The van der Waals surface area contributed by atoms with Gasteiger partial charge in [-0.05, 0) is 13.3 Å². The van der Waals surface area contributed by atoms with Crippen molar-refractivity contribution in [2.75, 3.05) is 12.5 Å². The van der Waals surface area contributed by atoms with Gasteiger partial charge in [-0.1, -0.05) is 6.92 Å². The van der Waals surface area contributed by atoms with Gasteiger partial charge in [0.1, 0.15) is 17.8 Å². The fourth-order valence-corrected chi connectivity index (χ4v) is 1.74. The van der Waals surface area contributed by atoms with Crippen molar-refractivity contribution in [3.63, 3.8) is 0 Å². The third-order valence-electron chi connectivity index (χ3n) is 2.80. The van der Waals surface area contributed by atoms with Gasteiger partial charge in [0.15, 0.2) is 5.82 Å². The number of nitrogens with two attached hydrogens (primary N) is 1. The predicted octanol–water partition coefficient (Wildman–Crippen LogP) is 1.10. The normalized spacial score (nSPS) is 10.3. The van der Waals surface area contributed by atoms with Crippen molar-refractivity contribution in [1.82, 2.24) is 19.9 Å². The van der Waals surface area contributed by atoms with Gasteiger partial charge in [0, 0.05) is 17.3 Å². The largest absolute Gasteiger partial charge is 0.481 e. The van der Waals surface area contributed by atoms with Crippen LogP contribution in [0.5, 0.6) is 5.88 Å². The number of hydrazine groups is 1. The first kappa shape index (κ1) is 13.2. The van der Waals surface area contributed by atoms with Gasteiger partial charge in [-0.25, -0.2) is 25.8 Å². The molecule has 0 aliphatic carbocycles. The summed E-state index contributed by atoms with van der Waals surface area (Å²) in [5.41, 5.74) is 5.04. The Hall–Kier alpha value is -2.28. The fraction of sp³-hybridized carbons (Fsp3) is 0.333. The zero-order valence-electron chi connectivity index (χ0n) is 11.1. The fourth-order valence-electron chi connectivity index (χ4n) is 1.74. The number of aromatic nitrogens is 4. The van der Waals surface area contributed by atoms with Gasteiger partial charge in [-0.15, -0.1) is 0 Å². The van der Waals surface area contributed by atoms with Crippen LogP contribution in [-0.2, 0) is 6.42 Å². The number of ether oxygens (including phenoxy) is 1. The Labute approximate surface area is 111 Å². The number of hydrogen-bond acceptors (Lipinski definition) is 7. The highest BCUT2D eigenvalue weighted by Gasteiger charge is 2.12. The molecule has 0 aliphatic rings. The number of hydrogen-bond donors (Lipinski definition) is 2. The molecule has 2 aromatic heterocycles. The van der Waals surface area contributed by atoms with Crippen LogP contribution in [0.2, 0.25) is 0 Å². The molecule has 0 aliphatic heterocycles. The third kappa shape index (κ3) is 2.60. The molecule has 2 rings (SSSR count). The van der Waals surface area contributed by atoms with Crippen LogP contribution in [0.4, 0.5) is 5.82 Å².